The van der Waals surface area contributed by atoms with Crippen molar-refractivity contribution in [2.24, 2.45) is 5.84 Å². The molecule has 0 aliphatic carbocycles. The Morgan fingerprint density at radius 3 is 2.70 bits per heavy atom. The molecular formula is C13H10ClN5S. The fraction of sp³-hybridized carbons (Fsp3) is 0. The van der Waals surface area contributed by atoms with Crippen LogP contribution in [0.3, 0.4) is 0 Å². The van der Waals surface area contributed by atoms with Crippen molar-refractivity contribution in [2.45, 2.75) is 10.1 Å². The van der Waals surface area contributed by atoms with Gasteiger partial charge in [-0.2, -0.15) is 0 Å². The van der Waals surface area contributed by atoms with Crippen LogP contribution < -0.4 is 11.3 Å². The van der Waals surface area contributed by atoms with E-state index in [0.717, 1.165) is 15.9 Å². The molecule has 0 amide bonds. The molecule has 7 heteroatoms. The molecule has 0 atom stereocenters. The summed E-state index contributed by atoms with van der Waals surface area (Å²) in [6.07, 6.45) is 1.69. The number of anilines is 1. The first-order valence-electron chi connectivity index (χ1n) is 5.79. The van der Waals surface area contributed by atoms with Crippen molar-refractivity contribution in [1.82, 2.24) is 15.0 Å². The predicted molar refractivity (Wildman–Crippen MR) is 80.7 cm³/mol. The zero-order valence-electron chi connectivity index (χ0n) is 10.2. The molecule has 0 unspecified atom stereocenters. The molecule has 1 aromatic carbocycles. The van der Waals surface area contributed by atoms with Crippen LogP contribution >= 0.6 is 23.4 Å². The van der Waals surface area contributed by atoms with Crippen molar-refractivity contribution >= 4 is 40.2 Å². The third-order valence-electron chi connectivity index (χ3n) is 2.62. The second-order valence-corrected chi connectivity index (χ2v) is 5.29. The zero-order chi connectivity index (χ0) is 13.9. The maximum absolute atomic E-state index is 6.13. The summed E-state index contributed by atoms with van der Waals surface area (Å²) in [5.41, 5.74) is 3.28. The number of pyridine rings is 1. The minimum Gasteiger partial charge on any atom is -0.292 e. The van der Waals surface area contributed by atoms with Gasteiger partial charge in [0.05, 0.1) is 10.5 Å². The van der Waals surface area contributed by atoms with Crippen molar-refractivity contribution in [1.29, 1.82) is 0 Å². The lowest BCUT2D eigenvalue weighted by Gasteiger charge is -2.07. The molecule has 0 aliphatic rings. The van der Waals surface area contributed by atoms with Crippen LogP contribution in [-0.2, 0) is 0 Å². The van der Waals surface area contributed by atoms with Crippen LogP contribution in [0, 0.1) is 0 Å². The van der Waals surface area contributed by atoms with Gasteiger partial charge in [-0.25, -0.2) is 20.8 Å². The summed E-state index contributed by atoms with van der Waals surface area (Å²) in [6, 6.07) is 11.3. The van der Waals surface area contributed by atoms with Gasteiger partial charge < -0.3 is 0 Å². The molecule has 5 nitrogen and oxygen atoms in total. The number of halogens is 1. The van der Waals surface area contributed by atoms with Gasteiger partial charge in [-0.1, -0.05) is 29.8 Å². The summed E-state index contributed by atoms with van der Waals surface area (Å²) in [7, 11) is 0. The van der Waals surface area contributed by atoms with Gasteiger partial charge in [0, 0.05) is 11.6 Å². The average molecular weight is 304 g/mol. The molecule has 3 aromatic rings. The number of hydrazine groups is 1. The highest BCUT2D eigenvalue weighted by atomic mass is 35.5. The Kier molecular flexibility index (Phi) is 3.68. The number of benzene rings is 1. The van der Waals surface area contributed by atoms with E-state index in [9.17, 15) is 0 Å². The molecule has 0 radical (unpaired) electrons. The average Bonchev–Trinajstić information content (AvgIpc) is 2.49. The number of hydrogen-bond donors (Lipinski definition) is 2. The van der Waals surface area contributed by atoms with Crippen LogP contribution in [0.25, 0.3) is 10.9 Å². The summed E-state index contributed by atoms with van der Waals surface area (Å²) >= 11 is 7.52. The first kappa shape index (κ1) is 13.1. The minimum absolute atomic E-state index is 0.359. The first-order chi connectivity index (χ1) is 9.78. The quantitative estimate of drug-likeness (QED) is 0.440. The molecule has 3 N–H and O–H groups in total. The van der Waals surface area contributed by atoms with Gasteiger partial charge in [0.2, 0.25) is 5.95 Å². The Balaban J connectivity index is 2.13. The number of nitrogens with one attached hydrogen (secondary N) is 1. The monoisotopic (exact) mass is 303 g/mol. The predicted octanol–water partition coefficient (Wildman–Crippen LogP) is 3.12. The fourth-order valence-corrected chi connectivity index (χ4v) is 2.84. The maximum Gasteiger partial charge on any atom is 0.238 e. The van der Waals surface area contributed by atoms with E-state index in [-0.39, 0.29) is 0 Å². The second-order valence-electron chi connectivity index (χ2n) is 3.91. The van der Waals surface area contributed by atoms with E-state index in [1.54, 1.807) is 18.3 Å². The van der Waals surface area contributed by atoms with E-state index in [0.29, 0.717) is 16.0 Å². The van der Waals surface area contributed by atoms with Gasteiger partial charge in [-0.3, -0.25) is 5.43 Å². The summed E-state index contributed by atoms with van der Waals surface area (Å²) in [5, 5.41) is 2.96. The SMILES string of the molecule is NNc1nc(Sc2ncccc2Cl)c2ccccc2n1. The van der Waals surface area contributed by atoms with Gasteiger partial charge in [0.25, 0.3) is 0 Å². The largest absolute Gasteiger partial charge is 0.292 e. The molecule has 0 saturated carbocycles. The van der Waals surface area contributed by atoms with Crippen LogP contribution in [0.5, 0.6) is 0 Å². The normalized spacial score (nSPS) is 10.7. The lowest BCUT2D eigenvalue weighted by atomic mass is 10.2. The highest BCUT2D eigenvalue weighted by molar-refractivity contribution is 7.99. The van der Waals surface area contributed by atoms with E-state index in [1.807, 2.05) is 24.3 Å². The number of hydrogen-bond acceptors (Lipinski definition) is 6. The van der Waals surface area contributed by atoms with Gasteiger partial charge in [-0.15, -0.1) is 0 Å². The van der Waals surface area contributed by atoms with Crippen molar-refractivity contribution in [3.05, 3.63) is 47.6 Å². The van der Waals surface area contributed by atoms with Crippen LogP contribution in [-0.4, -0.2) is 15.0 Å². The fourth-order valence-electron chi connectivity index (χ4n) is 1.73. The highest BCUT2D eigenvalue weighted by Crippen LogP contribution is 2.34. The van der Waals surface area contributed by atoms with E-state index >= 15 is 0 Å². The lowest BCUT2D eigenvalue weighted by molar-refractivity contribution is 1.06. The number of fused-ring (bicyclic) bond motifs is 1. The molecule has 0 spiro atoms. The Hall–Kier alpha value is -1.89. The highest BCUT2D eigenvalue weighted by Gasteiger charge is 2.11. The van der Waals surface area contributed by atoms with Crippen LogP contribution in [0.2, 0.25) is 5.02 Å². The summed E-state index contributed by atoms with van der Waals surface area (Å²) in [4.78, 5) is 12.9. The molecule has 2 aromatic heterocycles. The van der Waals surface area contributed by atoms with Crippen LogP contribution in [0.1, 0.15) is 0 Å². The third-order valence-corrected chi connectivity index (χ3v) is 4.06. The van der Waals surface area contributed by atoms with Crippen molar-refractivity contribution in [2.75, 3.05) is 5.43 Å². The standard InChI is InChI=1S/C13H10ClN5S/c14-9-5-3-7-16-12(9)20-11-8-4-1-2-6-10(8)17-13(18-11)19-15/h1-7H,15H2,(H,17,18,19). The maximum atomic E-state index is 6.13. The van der Waals surface area contributed by atoms with Gasteiger partial charge >= 0.3 is 0 Å². The Morgan fingerprint density at radius 2 is 1.90 bits per heavy atom. The first-order valence-corrected chi connectivity index (χ1v) is 6.99. The van der Waals surface area contributed by atoms with Gasteiger partial charge in [0.1, 0.15) is 10.1 Å². The van der Waals surface area contributed by atoms with Crippen LogP contribution in [0.4, 0.5) is 5.95 Å². The molecule has 2 heterocycles. The third kappa shape index (κ3) is 2.53. The minimum atomic E-state index is 0.359. The topological polar surface area (TPSA) is 76.7 Å². The molecule has 100 valence electrons. The molecule has 20 heavy (non-hydrogen) atoms. The molecule has 0 saturated heterocycles. The van der Waals surface area contributed by atoms with Crippen molar-refractivity contribution in [3.63, 3.8) is 0 Å². The second kappa shape index (κ2) is 5.62. The van der Waals surface area contributed by atoms with Crippen molar-refractivity contribution < 1.29 is 0 Å². The number of nitrogen functional groups attached to an aromatic ring is 1. The van der Waals surface area contributed by atoms with Crippen LogP contribution in [0.15, 0.2) is 52.6 Å². The number of rotatable bonds is 3. The molecule has 3 rings (SSSR count). The van der Waals surface area contributed by atoms with E-state index in [4.69, 9.17) is 17.4 Å². The summed E-state index contributed by atoms with van der Waals surface area (Å²) in [6.45, 7) is 0. The zero-order valence-corrected chi connectivity index (χ0v) is 11.8. The molecule has 0 bridgehead atoms. The summed E-state index contributed by atoms with van der Waals surface area (Å²) < 4.78 is 0. The van der Waals surface area contributed by atoms with E-state index < -0.39 is 0 Å². The van der Waals surface area contributed by atoms with Gasteiger partial charge in [-0.05, 0) is 30.0 Å². The number of para-hydroxylation sites is 1. The smallest absolute Gasteiger partial charge is 0.238 e. The Bertz CT molecular complexity index is 765. The van der Waals surface area contributed by atoms with Crippen molar-refractivity contribution in [3.8, 4) is 0 Å². The van der Waals surface area contributed by atoms with Gasteiger partial charge in [0.15, 0.2) is 0 Å². The summed E-state index contributed by atoms with van der Waals surface area (Å²) in [5.74, 6) is 5.77. The number of nitrogens with two attached hydrogens (primary N) is 1. The van der Waals surface area contributed by atoms with E-state index in [2.05, 4.69) is 20.4 Å². The van der Waals surface area contributed by atoms with E-state index in [1.165, 1.54) is 11.8 Å². The number of aromatic nitrogens is 3. The molecular weight excluding hydrogens is 294 g/mol. The lowest BCUT2D eigenvalue weighted by Crippen LogP contribution is -2.10. The Labute approximate surface area is 124 Å². The number of nitrogens with zero attached hydrogens (tertiary/aromatic N) is 3. The Morgan fingerprint density at radius 1 is 1.05 bits per heavy atom. The molecule has 0 aliphatic heterocycles. The molecule has 0 fully saturated rings.